The Morgan fingerprint density at radius 1 is 1.38 bits per heavy atom. The number of carbonyl (C=O) groups is 1. The Hall–Kier alpha value is 0.150. The van der Waals surface area contributed by atoms with Gasteiger partial charge >= 0.3 is 29.6 Å². The minimum absolute atomic E-state index is 0. The van der Waals surface area contributed by atoms with Crippen LogP contribution in [0.5, 0.6) is 0 Å². The molecule has 0 bridgehead atoms. The SMILES string of the molecule is O=C(c1ccccc1)C(S)CS(=O)(=O)O.[H-].[Na+]. The molecule has 0 aliphatic heterocycles. The Morgan fingerprint density at radius 3 is 2.31 bits per heavy atom. The van der Waals surface area contributed by atoms with Crippen LogP contribution in [0, 0.1) is 0 Å². The molecule has 0 spiro atoms. The van der Waals surface area contributed by atoms with E-state index in [1.54, 1.807) is 30.3 Å². The first kappa shape index (κ1) is 16.1. The molecule has 0 aliphatic carbocycles. The zero-order valence-corrected chi connectivity index (χ0v) is 12.4. The van der Waals surface area contributed by atoms with Crippen molar-refractivity contribution in [2.24, 2.45) is 0 Å². The molecule has 1 N–H and O–H groups in total. The van der Waals surface area contributed by atoms with E-state index >= 15 is 0 Å². The number of hydrogen-bond donors (Lipinski definition) is 2. The van der Waals surface area contributed by atoms with Crippen molar-refractivity contribution in [3.8, 4) is 0 Å². The predicted octanol–water partition coefficient (Wildman–Crippen LogP) is -1.83. The van der Waals surface area contributed by atoms with Gasteiger partial charge in [-0.25, -0.2) is 0 Å². The number of benzene rings is 1. The molecule has 1 aromatic carbocycles. The standard InChI is InChI=1S/C9H10O4S2.Na.H/c10-9(7-4-2-1-3-5-7)8(14)6-15(11,12)13;;/h1-5,8,14H,6H2,(H,11,12,13);;/q;+1;-1. The van der Waals surface area contributed by atoms with Gasteiger partial charge in [-0.2, -0.15) is 21.0 Å². The first-order chi connectivity index (χ1) is 6.90. The third kappa shape index (κ3) is 5.47. The topological polar surface area (TPSA) is 71.4 Å². The quantitative estimate of drug-likeness (QED) is 0.292. The fraction of sp³-hybridized carbons (Fsp3) is 0.222. The molecular weight excluding hydrogens is 259 g/mol. The van der Waals surface area contributed by atoms with Crippen molar-refractivity contribution >= 4 is 28.5 Å². The maximum absolute atomic E-state index is 11.6. The zero-order valence-electron chi connectivity index (χ0n) is 9.70. The Balaban J connectivity index is 0. The van der Waals surface area contributed by atoms with Crippen molar-refractivity contribution in [3.63, 3.8) is 0 Å². The van der Waals surface area contributed by atoms with Gasteiger partial charge < -0.3 is 1.43 Å². The summed E-state index contributed by atoms with van der Waals surface area (Å²) in [6.45, 7) is 0. The molecule has 0 amide bonds. The van der Waals surface area contributed by atoms with Gasteiger partial charge in [0.25, 0.3) is 10.1 Å². The van der Waals surface area contributed by atoms with Gasteiger partial charge in [-0.3, -0.25) is 9.35 Å². The average Bonchev–Trinajstić information content (AvgIpc) is 2.15. The fourth-order valence-electron chi connectivity index (χ4n) is 1.07. The van der Waals surface area contributed by atoms with E-state index < -0.39 is 26.9 Å². The van der Waals surface area contributed by atoms with E-state index in [1.807, 2.05) is 0 Å². The summed E-state index contributed by atoms with van der Waals surface area (Å²) < 4.78 is 29.6. The van der Waals surface area contributed by atoms with Crippen LogP contribution in [0.3, 0.4) is 0 Å². The van der Waals surface area contributed by atoms with Crippen molar-refractivity contribution in [2.45, 2.75) is 5.25 Å². The third-order valence-electron chi connectivity index (χ3n) is 1.73. The maximum Gasteiger partial charge on any atom is 1.00 e. The van der Waals surface area contributed by atoms with Crippen LogP contribution in [0.4, 0.5) is 0 Å². The monoisotopic (exact) mass is 270 g/mol. The molecule has 84 valence electrons. The maximum atomic E-state index is 11.6. The summed E-state index contributed by atoms with van der Waals surface area (Å²) in [6.07, 6.45) is 0. The Labute approximate surface area is 123 Å². The minimum Gasteiger partial charge on any atom is -1.00 e. The summed E-state index contributed by atoms with van der Waals surface area (Å²) in [7, 11) is -4.17. The molecule has 0 heterocycles. The summed E-state index contributed by atoms with van der Waals surface area (Å²) in [5, 5.41) is -1.04. The van der Waals surface area contributed by atoms with Crippen LogP contribution in [-0.4, -0.2) is 29.8 Å². The molecule has 1 unspecified atom stereocenters. The predicted molar refractivity (Wildman–Crippen MR) is 61.1 cm³/mol. The number of rotatable bonds is 4. The van der Waals surface area contributed by atoms with Crippen LogP contribution in [0.1, 0.15) is 11.8 Å². The molecule has 1 rings (SSSR count). The fourth-order valence-corrected chi connectivity index (χ4v) is 2.33. The van der Waals surface area contributed by atoms with Crippen molar-refractivity contribution in [1.29, 1.82) is 0 Å². The molecule has 0 fully saturated rings. The zero-order chi connectivity index (χ0) is 11.5. The molecule has 7 heteroatoms. The molecule has 0 saturated heterocycles. The van der Waals surface area contributed by atoms with Crippen LogP contribution < -0.4 is 29.6 Å². The smallest absolute Gasteiger partial charge is 1.00 e. The number of ketones is 1. The Morgan fingerprint density at radius 2 is 1.88 bits per heavy atom. The van der Waals surface area contributed by atoms with E-state index in [2.05, 4.69) is 12.6 Å². The molecule has 1 aromatic rings. The van der Waals surface area contributed by atoms with E-state index in [-0.39, 0.29) is 31.0 Å². The summed E-state index contributed by atoms with van der Waals surface area (Å²) in [5.41, 5.74) is 0.376. The molecule has 4 nitrogen and oxygen atoms in total. The molecule has 16 heavy (non-hydrogen) atoms. The van der Waals surface area contributed by atoms with Gasteiger partial charge in [-0.15, -0.1) is 0 Å². The van der Waals surface area contributed by atoms with E-state index in [9.17, 15) is 13.2 Å². The van der Waals surface area contributed by atoms with Crippen molar-refractivity contribution in [3.05, 3.63) is 35.9 Å². The third-order valence-corrected chi connectivity index (χ3v) is 3.15. The summed E-state index contributed by atoms with van der Waals surface area (Å²) in [4.78, 5) is 11.6. The van der Waals surface area contributed by atoms with Gasteiger partial charge in [-0.1, -0.05) is 30.3 Å². The number of hydrogen-bond acceptors (Lipinski definition) is 4. The molecular formula is C9H11NaO4S2. The first-order valence-electron chi connectivity index (χ1n) is 4.12. The minimum atomic E-state index is -4.17. The van der Waals surface area contributed by atoms with Crippen LogP contribution in [-0.2, 0) is 10.1 Å². The number of Topliss-reactive ketones (excluding diaryl/α,β-unsaturated/α-hetero) is 1. The van der Waals surface area contributed by atoms with Crippen molar-refractivity contribution in [1.82, 2.24) is 0 Å². The first-order valence-corrected chi connectivity index (χ1v) is 6.25. The van der Waals surface area contributed by atoms with Crippen LogP contribution in [0.15, 0.2) is 30.3 Å². The van der Waals surface area contributed by atoms with Gasteiger partial charge in [0.1, 0.15) is 0 Å². The van der Waals surface area contributed by atoms with Crippen LogP contribution in [0.25, 0.3) is 0 Å². The summed E-state index contributed by atoms with van der Waals surface area (Å²) in [5.74, 6) is -1.10. The van der Waals surface area contributed by atoms with E-state index in [0.717, 1.165) is 0 Å². The second-order valence-electron chi connectivity index (χ2n) is 2.99. The normalized spacial score (nSPS) is 12.6. The van der Waals surface area contributed by atoms with Crippen molar-refractivity contribution in [2.75, 3.05) is 5.75 Å². The largest absolute Gasteiger partial charge is 1.00 e. The van der Waals surface area contributed by atoms with E-state index in [0.29, 0.717) is 5.56 Å². The summed E-state index contributed by atoms with van der Waals surface area (Å²) in [6, 6.07) is 8.21. The Bertz CT molecular complexity index is 449. The number of thiol groups is 1. The summed E-state index contributed by atoms with van der Waals surface area (Å²) >= 11 is 3.84. The van der Waals surface area contributed by atoms with Crippen LogP contribution >= 0.6 is 12.6 Å². The van der Waals surface area contributed by atoms with Gasteiger partial charge in [-0.05, 0) is 0 Å². The van der Waals surface area contributed by atoms with Crippen molar-refractivity contribution < 1.29 is 48.7 Å². The Kier molecular flexibility index (Phi) is 6.84. The van der Waals surface area contributed by atoms with Gasteiger partial charge in [0, 0.05) is 5.56 Å². The second-order valence-corrected chi connectivity index (χ2v) is 5.12. The van der Waals surface area contributed by atoms with Gasteiger partial charge in [0.05, 0.1) is 11.0 Å². The van der Waals surface area contributed by atoms with E-state index in [4.69, 9.17) is 4.55 Å². The molecule has 0 saturated carbocycles. The van der Waals surface area contributed by atoms with Gasteiger partial charge in [0.2, 0.25) is 0 Å². The average molecular weight is 270 g/mol. The second kappa shape index (κ2) is 6.78. The van der Waals surface area contributed by atoms with Crippen LogP contribution in [0.2, 0.25) is 0 Å². The van der Waals surface area contributed by atoms with E-state index in [1.165, 1.54) is 0 Å². The molecule has 0 radical (unpaired) electrons. The molecule has 1 atom stereocenters. The van der Waals surface area contributed by atoms with Gasteiger partial charge in [0.15, 0.2) is 5.78 Å². The molecule has 0 aromatic heterocycles. The molecule has 0 aliphatic rings. The number of carbonyl (C=O) groups excluding carboxylic acids is 1.